The fourth-order valence-corrected chi connectivity index (χ4v) is 5.82. The third-order valence-corrected chi connectivity index (χ3v) is 8.08. The fourth-order valence-electron chi connectivity index (χ4n) is 5.82. The van der Waals surface area contributed by atoms with Crippen molar-refractivity contribution >= 4 is 17.0 Å². The molecule has 0 N–H and O–H groups in total. The highest BCUT2D eigenvalue weighted by molar-refractivity contribution is 5.80. The van der Waals surface area contributed by atoms with Crippen molar-refractivity contribution in [1.29, 1.82) is 0 Å². The van der Waals surface area contributed by atoms with Gasteiger partial charge in [0.05, 0.1) is 18.0 Å². The molecule has 7 nitrogen and oxygen atoms in total. The van der Waals surface area contributed by atoms with E-state index >= 15 is 0 Å². The molecular formula is C32H38N4O3. The van der Waals surface area contributed by atoms with Crippen molar-refractivity contribution in [1.82, 2.24) is 19.9 Å². The molecule has 0 saturated heterocycles. The zero-order valence-electron chi connectivity index (χ0n) is 23.8. The van der Waals surface area contributed by atoms with E-state index in [4.69, 9.17) is 9.47 Å². The minimum Gasteiger partial charge on any atom is -0.489 e. The molecular weight excluding hydrogens is 488 g/mol. The third-order valence-electron chi connectivity index (χ3n) is 8.08. The lowest BCUT2D eigenvalue weighted by molar-refractivity contribution is -0.151. The molecule has 2 heterocycles. The molecule has 2 atom stereocenters. The van der Waals surface area contributed by atoms with Crippen LogP contribution in [0.15, 0.2) is 60.7 Å². The molecule has 1 aliphatic heterocycles. The van der Waals surface area contributed by atoms with E-state index in [0.717, 1.165) is 54.0 Å². The van der Waals surface area contributed by atoms with E-state index in [1.807, 2.05) is 39.1 Å². The van der Waals surface area contributed by atoms with Crippen LogP contribution in [0.3, 0.4) is 0 Å². The van der Waals surface area contributed by atoms with Crippen LogP contribution in [0, 0.1) is 12.3 Å². The van der Waals surface area contributed by atoms with Gasteiger partial charge in [-0.15, -0.1) is 5.10 Å². The first-order valence-electron chi connectivity index (χ1n) is 13.6. The number of hydrogen-bond donors (Lipinski definition) is 0. The summed E-state index contributed by atoms with van der Waals surface area (Å²) in [6.07, 6.45) is 1.09. The highest BCUT2D eigenvalue weighted by atomic mass is 16.5. The molecule has 39 heavy (non-hydrogen) atoms. The molecule has 3 aromatic carbocycles. The van der Waals surface area contributed by atoms with Crippen LogP contribution >= 0.6 is 0 Å². The topological polar surface area (TPSA) is 69.5 Å². The maximum atomic E-state index is 13.1. The number of benzene rings is 3. The zero-order chi connectivity index (χ0) is 27.7. The van der Waals surface area contributed by atoms with E-state index in [1.165, 1.54) is 23.8 Å². The Morgan fingerprint density at radius 1 is 1.13 bits per heavy atom. The van der Waals surface area contributed by atoms with Gasteiger partial charge in [0.15, 0.2) is 0 Å². The highest BCUT2D eigenvalue weighted by Crippen LogP contribution is 2.43. The van der Waals surface area contributed by atoms with Gasteiger partial charge in [-0.1, -0.05) is 54.6 Å². The van der Waals surface area contributed by atoms with Gasteiger partial charge in [-0.2, -0.15) is 0 Å². The number of fused-ring (bicyclic) bond motifs is 2. The Morgan fingerprint density at radius 3 is 2.64 bits per heavy atom. The Bertz CT molecular complexity index is 1490. The lowest BCUT2D eigenvalue weighted by Crippen LogP contribution is -2.34. The predicted molar refractivity (Wildman–Crippen MR) is 153 cm³/mol. The maximum Gasteiger partial charge on any atom is 0.312 e. The van der Waals surface area contributed by atoms with Crippen molar-refractivity contribution in [3.63, 3.8) is 0 Å². The second kappa shape index (κ2) is 10.8. The monoisotopic (exact) mass is 526 g/mol. The third kappa shape index (κ3) is 5.28. The number of nitrogens with zero attached hydrogens (tertiary/aromatic N) is 4. The number of carbonyl (C=O) groups excluding carboxylic acids is 1. The van der Waals surface area contributed by atoms with Crippen molar-refractivity contribution in [2.45, 2.75) is 59.2 Å². The van der Waals surface area contributed by atoms with Gasteiger partial charge in [0, 0.05) is 38.2 Å². The van der Waals surface area contributed by atoms with Gasteiger partial charge in [-0.3, -0.25) is 9.69 Å². The highest BCUT2D eigenvalue weighted by Gasteiger charge is 2.40. The molecule has 7 heteroatoms. The fraction of sp³-hybridized carbons (Fsp3) is 0.406. The lowest BCUT2D eigenvalue weighted by atomic mass is 9.70. The minimum atomic E-state index is -0.806. The van der Waals surface area contributed by atoms with E-state index in [-0.39, 0.29) is 18.0 Å². The minimum absolute atomic E-state index is 0.141. The van der Waals surface area contributed by atoms with Crippen LogP contribution in [0.2, 0.25) is 0 Å². The van der Waals surface area contributed by atoms with Crippen LogP contribution in [-0.4, -0.2) is 45.6 Å². The molecule has 0 bridgehead atoms. The van der Waals surface area contributed by atoms with Gasteiger partial charge in [-0.25, -0.2) is 4.68 Å². The number of ether oxygens (including phenoxy) is 2. The molecule has 1 aliphatic rings. The Hall–Kier alpha value is -3.71. The van der Waals surface area contributed by atoms with Crippen LogP contribution in [0.4, 0.5) is 0 Å². The number of methoxy groups -OCH3 is 1. The number of hydrogen-bond acceptors (Lipinski definition) is 6. The summed E-state index contributed by atoms with van der Waals surface area (Å²) in [7, 11) is 3.34. The molecule has 0 amide bonds. The van der Waals surface area contributed by atoms with Crippen LogP contribution in [-0.2, 0) is 29.7 Å². The van der Waals surface area contributed by atoms with E-state index in [0.29, 0.717) is 0 Å². The van der Waals surface area contributed by atoms with Crippen molar-refractivity contribution in [2.75, 3.05) is 13.7 Å². The lowest BCUT2D eigenvalue weighted by Gasteiger charge is -2.33. The van der Waals surface area contributed by atoms with E-state index in [1.54, 1.807) is 4.68 Å². The first kappa shape index (κ1) is 26.9. The van der Waals surface area contributed by atoms with Crippen molar-refractivity contribution in [2.24, 2.45) is 12.5 Å². The van der Waals surface area contributed by atoms with Crippen LogP contribution in [0.25, 0.3) is 11.0 Å². The van der Waals surface area contributed by atoms with Crippen LogP contribution in [0.5, 0.6) is 5.75 Å². The number of aryl methyl sites for hydroxylation is 2. The van der Waals surface area contributed by atoms with Crippen molar-refractivity contribution in [3.05, 3.63) is 88.5 Å². The Labute approximate surface area is 230 Å². The average Bonchev–Trinajstić information content (AvgIpc) is 3.19. The maximum absolute atomic E-state index is 13.1. The van der Waals surface area contributed by atoms with E-state index < -0.39 is 5.41 Å². The molecule has 0 fully saturated rings. The summed E-state index contributed by atoms with van der Waals surface area (Å²) in [5.41, 5.74) is 6.72. The molecule has 5 rings (SSSR count). The molecule has 0 radical (unpaired) electrons. The normalized spacial score (nSPS) is 16.8. The standard InChI is InChI=1S/C32H38N4O3/c1-7-26-20-36(18-24-10-8-9-11-29(24)39-26)19-25-16-22(13-12-21(25)2)30(32(3,4)31(37)38-6)23-14-15-28-27(17-23)33-34-35(28)5/h8-17,26,30H,7,18-20H2,1-6H3/t26-,30?/m1/s1. The Morgan fingerprint density at radius 2 is 1.87 bits per heavy atom. The van der Waals surface area contributed by atoms with Gasteiger partial charge in [-0.05, 0) is 67.6 Å². The summed E-state index contributed by atoms with van der Waals surface area (Å²) in [4.78, 5) is 15.6. The first-order chi connectivity index (χ1) is 18.7. The molecule has 204 valence electrons. The number of para-hydroxylation sites is 1. The number of rotatable bonds is 7. The molecule has 1 unspecified atom stereocenters. The van der Waals surface area contributed by atoms with E-state index in [2.05, 4.69) is 71.5 Å². The molecule has 4 aromatic rings. The van der Waals surface area contributed by atoms with Gasteiger partial charge < -0.3 is 9.47 Å². The summed E-state index contributed by atoms with van der Waals surface area (Å²) in [6, 6.07) is 21.1. The molecule has 0 aliphatic carbocycles. The summed E-state index contributed by atoms with van der Waals surface area (Å²) < 4.78 is 13.4. The van der Waals surface area contributed by atoms with Crippen molar-refractivity contribution in [3.8, 4) is 5.75 Å². The van der Waals surface area contributed by atoms with Crippen LogP contribution in [0.1, 0.15) is 60.9 Å². The summed E-state index contributed by atoms with van der Waals surface area (Å²) in [5, 5.41) is 8.50. The first-order valence-corrected chi connectivity index (χ1v) is 13.6. The summed E-state index contributed by atoms with van der Waals surface area (Å²) >= 11 is 0. The summed E-state index contributed by atoms with van der Waals surface area (Å²) in [5.74, 6) is 0.504. The quantitative estimate of drug-likeness (QED) is 0.284. The van der Waals surface area contributed by atoms with Crippen molar-refractivity contribution < 1.29 is 14.3 Å². The van der Waals surface area contributed by atoms with E-state index in [9.17, 15) is 4.79 Å². The zero-order valence-corrected chi connectivity index (χ0v) is 23.8. The number of esters is 1. The second-order valence-electron chi connectivity index (χ2n) is 11.2. The Kier molecular flexibility index (Phi) is 7.45. The number of aromatic nitrogens is 3. The average molecular weight is 527 g/mol. The molecule has 0 spiro atoms. The second-order valence-corrected chi connectivity index (χ2v) is 11.2. The van der Waals surface area contributed by atoms with Gasteiger partial charge in [0.25, 0.3) is 0 Å². The predicted octanol–water partition coefficient (Wildman–Crippen LogP) is 5.78. The van der Waals surface area contributed by atoms with Gasteiger partial charge in [0.2, 0.25) is 0 Å². The number of carbonyl (C=O) groups is 1. The largest absolute Gasteiger partial charge is 0.489 e. The Balaban J connectivity index is 1.54. The molecule has 1 aromatic heterocycles. The van der Waals surface area contributed by atoms with Gasteiger partial charge in [0.1, 0.15) is 17.4 Å². The SMILES string of the molecule is CC[C@@H]1CN(Cc2cc(C(c3ccc4c(c3)nnn4C)C(C)(C)C(=O)OC)ccc2C)Cc2ccccc2O1. The smallest absolute Gasteiger partial charge is 0.312 e. The summed E-state index contributed by atoms with van der Waals surface area (Å²) in [6.45, 7) is 10.7. The molecule has 0 saturated carbocycles. The van der Waals surface area contributed by atoms with Gasteiger partial charge >= 0.3 is 5.97 Å². The van der Waals surface area contributed by atoms with Crippen LogP contribution < -0.4 is 4.74 Å².